The summed E-state index contributed by atoms with van der Waals surface area (Å²) in [5.74, 6) is -0.230. The van der Waals surface area contributed by atoms with E-state index in [1.54, 1.807) is 43.3 Å². The second kappa shape index (κ2) is 8.94. The molecule has 6 nitrogen and oxygen atoms in total. The van der Waals surface area contributed by atoms with Crippen LogP contribution in [0.4, 0.5) is 11.5 Å². The Hall–Kier alpha value is -2.42. The molecule has 0 saturated heterocycles. The monoisotopic (exact) mass is 493 g/mol. The molecule has 0 unspecified atom stereocenters. The van der Waals surface area contributed by atoms with Crippen LogP contribution in [-0.4, -0.2) is 25.9 Å². The highest BCUT2D eigenvalue weighted by Gasteiger charge is 2.25. The number of nitrogens with zero attached hydrogens (tertiary/aromatic N) is 2. The highest BCUT2D eigenvalue weighted by molar-refractivity contribution is 9.10. The van der Waals surface area contributed by atoms with Gasteiger partial charge in [0, 0.05) is 17.2 Å². The van der Waals surface area contributed by atoms with Crippen LogP contribution in [0.5, 0.6) is 0 Å². The lowest BCUT2D eigenvalue weighted by Crippen LogP contribution is -2.31. The third-order valence-electron chi connectivity index (χ3n) is 4.07. The van der Waals surface area contributed by atoms with Gasteiger partial charge in [0.15, 0.2) is 0 Å². The Morgan fingerprint density at radius 2 is 1.86 bits per heavy atom. The Kier molecular flexibility index (Phi) is 6.56. The Morgan fingerprint density at radius 1 is 1.14 bits per heavy atom. The summed E-state index contributed by atoms with van der Waals surface area (Å²) in [4.78, 5) is 16.7. The zero-order valence-electron chi connectivity index (χ0n) is 15.3. The molecular weight excluding hydrogens is 478 g/mol. The van der Waals surface area contributed by atoms with Crippen molar-refractivity contribution in [3.63, 3.8) is 0 Å². The van der Waals surface area contributed by atoms with Gasteiger partial charge in [-0.1, -0.05) is 29.8 Å². The van der Waals surface area contributed by atoms with Crippen LogP contribution in [0.2, 0.25) is 5.02 Å². The van der Waals surface area contributed by atoms with Crippen molar-refractivity contribution in [3.8, 4) is 0 Å². The van der Waals surface area contributed by atoms with Gasteiger partial charge in [0.05, 0.1) is 21.2 Å². The summed E-state index contributed by atoms with van der Waals surface area (Å²) in [5.41, 5.74) is 0.580. The first-order chi connectivity index (χ1) is 13.8. The molecule has 0 atom stereocenters. The zero-order chi connectivity index (χ0) is 21.0. The normalized spacial score (nSPS) is 11.1. The van der Waals surface area contributed by atoms with E-state index in [9.17, 15) is 13.2 Å². The Labute approximate surface area is 182 Å². The van der Waals surface area contributed by atoms with Crippen molar-refractivity contribution >= 4 is 55.0 Å². The molecule has 1 heterocycles. The SMILES string of the molecule is CCN(c1ccccc1)S(=O)(=O)c1ccc(Cl)c(C(=O)Nc2ccc(Br)cn2)c1. The van der Waals surface area contributed by atoms with E-state index in [4.69, 9.17) is 11.6 Å². The quantitative estimate of drug-likeness (QED) is 0.525. The maximum atomic E-state index is 13.2. The number of carbonyl (C=O) groups excluding carboxylic acids is 1. The summed E-state index contributed by atoms with van der Waals surface area (Å²) in [6, 6.07) is 16.2. The van der Waals surface area contributed by atoms with Gasteiger partial charge in [0.2, 0.25) is 0 Å². The van der Waals surface area contributed by atoms with Gasteiger partial charge in [-0.3, -0.25) is 9.10 Å². The molecule has 9 heteroatoms. The number of carbonyl (C=O) groups is 1. The smallest absolute Gasteiger partial charge is 0.264 e. The van der Waals surface area contributed by atoms with Gasteiger partial charge in [-0.15, -0.1) is 0 Å². The van der Waals surface area contributed by atoms with Gasteiger partial charge in [-0.2, -0.15) is 0 Å². The Bertz CT molecular complexity index is 1120. The Morgan fingerprint density at radius 3 is 2.48 bits per heavy atom. The van der Waals surface area contributed by atoms with Crippen LogP contribution in [0.15, 0.2) is 76.2 Å². The summed E-state index contributed by atoms with van der Waals surface area (Å²) in [6.07, 6.45) is 1.54. The molecule has 0 spiro atoms. The summed E-state index contributed by atoms with van der Waals surface area (Å²) in [7, 11) is -3.88. The van der Waals surface area contributed by atoms with Gasteiger partial charge in [-0.25, -0.2) is 13.4 Å². The molecule has 3 rings (SSSR count). The van der Waals surface area contributed by atoms with Crippen molar-refractivity contribution in [1.29, 1.82) is 0 Å². The molecule has 0 bridgehead atoms. The van der Waals surface area contributed by atoms with Crippen LogP contribution >= 0.6 is 27.5 Å². The van der Waals surface area contributed by atoms with Gasteiger partial charge >= 0.3 is 0 Å². The third-order valence-corrected chi connectivity index (χ3v) is 6.77. The van der Waals surface area contributed by atoms with Crippen LogP contribution in [-0.2, 0) is 10.0 Å². The first-order valence-electron chi connectivity index (χ1n) is 8.63. The van der Waals surface area contributed by atoms with Crippen LogP contribution < -0.4 is 9.62 Å². The van der Waals surface area contributed by atoms with Crippen LogP contribution in [0.25, 0.3) is 0 Å². The van der Waals surface area contributed by atoms with Crippen molar-refractivity contribution in [2.75, 3.05) is 16.2 Å². The van der Waals surface area contributed by atoms with Gasteiger partial charge in [0.25, 0.3) is 15.9 Å². The minimum atomic E-state index is -3.88. The lowest BCUT2D eigenvalue weighted by atomic mass is 10.2. The lowest BCUT2D eigenvalue weighted by molar-refractivity contribution is 0.102. The summed E-state index contributed by atoms with van der Waals surface area (Å²) >= 11 is 9.44. The predicted molar refractivity (Wildman–Crippen MR) is 118 cm³/mol. The molecular formula is C20H17BrClN3O3S. The van der Waals surface area contributed by atoms with Crippen molar-refractivity contribution in [2.45, 2.75) is 11.8 Å². The molecule has 0 aliphatic heterocycles. The van der Waals surface area contributed by atoms with E-state index in [0.29, 0.717) is 11.5 Å². The van der Waals surface area contributed by atoms with E-state index in [1.165, 1.54) is 28.7 Å². The molecule has 0 aliphatic carbocycles. The molecule has 1 N–H and O–H groups in total. The van der Waals surface area contributed by atoms with E-state index in [2.05, 4.69) is 26.2 Å². The molecule has 150 valence electrons. The number of para-hydroxylation sites is 1. The van der Waals surface area contributed by atoms with Crippen LogP contribution in [0.3, 0.4) is 0 Å². The molecule has 0 radical (unpaired) electrons. The first kappa shape index (κ1) is 21.3. The third kappa shape index (κ3) is 4.77. The molecule has 0 aliphatic rings. The molecule has 29 heavy (non-hydrogen) atoms. The molecule has 1 aromatic heterocycles. The minimum absolute atomic E-state index is 0.0264. The molecule has 1 amide bonds. The van der Waals surface area contributed by atoms with E-state index in [-0.39, 0.29) is 22.0 Å². The summed E-state index contributed by atoms with van der Waals surface area (Å²) in [5, 5.41) is 2.76. The van der Waals surface area contributed by atoms with Crippen molar-refractivity contribution < 1.29 is 13.2 Å². The molecule has 0 fully saturated rings. The fourth-order valence-electron chi connectivity index (χ4n) is 2.69. The van der Waals surface area contributed by atoms with E-state index < -0.39 is 15.9 Å². The van der Waals surface area contributed by atoms with Crippen molar-refractivity contribution in [1.82, 2.24) is 4.98 Å². The van der Waals surface area contributed by atoms with Crippen LogP contribution in [0.1, 0.15) is 17.3 Å². The molecule has 0 saturated carbocycles. The largest absolute Gasteiger partial charge is 0.307 e. The lowest BCUT2D eigenvalue weighted by Gasteiger charge is -2.23. The van der Waals surface area contributed by atoms with Crippen LogP contribution in [0, 0.1) is 0 Å². The van der Waals surface area contributed by atoms with E-state index in [0.717, 1.165) is 4.47 Å². The fourth-order valence-corrected chi connectivity index (χ4v) is 4.62. The molecule has 3 aromatic rings. The Balaban J connectivity index is 1.95. The maximum absolute atomic E-state index is 13.2. The number of hydrogen-bond acceptors (Lipinski definition) is 4. The highest BCUT2D eigenvalue weighted by Crippen LogP contribution is 2.27. The number of rotatable bonds is 6. The number of anilines is 2. The first-order valence-corrected chi connectivity index (χ1v) is 11.2. The minimum Gasteiger partial charge on any atom is -0.307 e. The average molecular weight is 495 g/mol. The maximum Gasteiger partial charge on any atom is 0.264 e. The summed E-state index contributed by atoms with van der Waals surface area (Å²) < 4.78 is 28.4. The van der Waals surface area contributed by atoms with Gasteiger partial charge < -0.3 is 5.32 Å². The van der Waals surface area contributed by atoms with Crippen molar-refractivity contribution in [3.05, 3.63) is 81.9 Å². The zero-order valence-corrected chi connectivity index (χ0v) is 18.5. The molecule has 2 aromatic carbocycles. The van der Waals surface area contributed by atoms with E-state index >= 15 is 0 Å². The topological polar surface area (TPSA) is 79.4 Å². The predicted octanol–water partition coefficient (Wildman–Crippen LogP) is 4.97. The second-order valence-electron chi connectivity index (χ2n) is 5.96. The van der Waals surface area contributed by atoms with Gasteiger partial charge in [-0.05, 0) is 65.3 Å². The number of pyridine rings is 1. The summed E-state index contributed by atoms with van der Waals surface area (Å²) in [6.45, 7) is 1.98. The number of nitrogens with one attached hydrogen (secondary N) is 1. The van der Waals surface area contributed by atoms with E-state index in [1.807, 2.05) is 6.07 Å². The highest BCUT2D eigenvalue weighted by atomic mass is 79.9. The number of halogens is 2. The van der Waals surface area contributed by atoms with Crippen molar-refractivity contribution in [2.24, 2.45) is 0 Å². The number of sulfonamides is 1. The number of hydrogen-bond donors (Lipinski definition) is 1. The fraction of sp³-hybridized carbons (Fsp3) is 0.100. The number of benzene rings is 2. The van der Waals surface area contributed by atoms with Gasteiger partial charge in [0.1, 0.15) is 5.82 Å². The standard InChI is InChI=1S/C20H17BrClN3O3S/c1-2-25(15-6-4-3-5-7-15)29(27,28)16-9-10-18(22)17(12-16)20(26)24-19-11-8-14(21)13-23-19/h3-13H,2H2,1H3,(H,23,24,26). The second-order valence-corrected chi connectivity index (χ2v) is 9.15. The average Bonchev–Trinajstić information content (AvgIpc) is 2.71. The number of amides is 1. The number of aromatic nitrogens is 1.